The lowest BCUT2D eigenvalue weighted by atomic mass is 10.0. The molecule has 10 nitrogen and oxygen atoms in total. The molecule has 208 valence electrons. The van der Waals surface area contributed by atoms with Crippen molar-refractivity contribution >= 4 is 33.1 Å². The van der Waals surface area contributed by atoms with Gasteiger partial charge in [0, 0.05) is 30.9 Å². The maximum absolute atomic E-state index is 13.8. The van der Waals surface area contributed by atoms with Crippen molar-refractivity contribution in [1.82, 2.24) is 5.32 Å². The van der Waals surface area contributed by atoms with Crippen LogP contribution in [0.15, 0.2) is 58.1 Å². The molecule has 1 saturated heterocycles. The molecule has 3 aromatic rings. The van der Waals surface area contributed by atoms with Crippen molar-refractivity contribution in [2.24, 2.45) is 0 Å². The molecule has 2 amide bonds. The second-order valence-electron chi connectivity index (χ2n) is 8.78. The van der Waals surface area contributed by atoms with E-state index in [4.69, 9.17) is 0 Å². The Balaban J connectivity index is 1.31. The van der Waals surface area contributed by atoms with Crippen LogP contribution < -0.4 is 35.9 Å². The van der Waals surface area contributed by atoms with E-state index >= 15 is 0 Å². The molecule has 0 unspecified atom stereocenters. The first-order valence-electron chi connectivity index (χ1n) is 11.6. The third-order valence-electron chi connectivity index (χ3n) is 5.90. The average molecular weight is 571 g/mol. The lowest BCUT2D eigenvalue weighted by Gasteiger charge is -2.35. The number of nitrogens with one attached hydrogen (secondary N) is 3. The van der Waals surface area contributed by atoms with Crippen LogP contribution in [0.3, 0.4) is 0 Å². The minimum atomic E-state index is -5.07. The van der Waals surface area contributed by atoms with Gasteiger partial charge in [-0.3, -0.25) is 14.3 Å². The van der Waals surface area contributed by atoms with E-state index in [1.165, 1.54) is 0 Å². The maximum Gasteiger partial charge on any atom is 0.573 e. The predicted molar refractivity (Wildman–Crippen MR) is 135 cm³/mol. The molecule has 0 radical (unpaired) electrons. The Kier molecular flexibility index (Phi) is 7.81. The molecule has 39 heavy (non-hydrogen) atoms. The zero-order chi connectivity index (χ0) is 28.4. The number of nitrogens with zero attached hydrogens (tertiary/aromatic N) is 1. The van der Waals surface area contributed by atoms with Crippen LogP contribution in [0.4, 0.5) is 39.4 Å². The Hall–Kier alpha value is -4.14. The van der Waals surface area contributed by atoms with E-state index < -0.39 is 44.8 Å². The zero-order valence-corrected chi connectivity index (χ0v) is 20.9. The van der Waals surface area contributed by atoms with Crippen LogP contribution in [-0.2, 0) is 15.8 Å². The highest BCUT2D eigenvalue weighted by Gasteiger charge is 2.33. The molecule has 0 bridgehead atoms. The number of benzene rings is 2. The fourth-order valence-corrected chi connectivity index (χ4v) is 5.35. The average Bonchev–Trinajstić information content (AvgIpc) is 2.85. The maximum atomic E-state index is 13.8. The highest BCUT2D eigenvalue weighted by Crippen LogP contribution is 2.28. The number of urea groups is 1. The van der Waals surface area contributed by atoms with Crippen molar-refractivity contribution in [2.75, 3.05) is 28.0 Å². The normalized spacial score (nSPS) is 14.7. The van der Waals surface area contributed by atoms with Crippen LogP contribution in [0.2, 0.25) is 0 Å². The summed E-state index contributed by atoms with van der Waals surface area (Å²) in [6.07, 6.45) is -4.41. The Morgan fingerprint density at radius 1 is 1.03 bits per heavy atom. The number of hydrogen-bond donors (Lipinski definition) is 3. The number of rotatable bonds is 8. The number of carbonyl (C=O) groups excluding carboxylic acids is 1. The summed E-state index contributed by atoms with van der Waals surface area (Å²) in [6, 6.07) is 9.63. The van der Waals surface area contributed by atoms with Crippen molar-refractivity contribution in [3.63, 3.8) is 0 Å². The Bertz CT molecular complexity index is 1530. The largest absolute Gasteiger partial charge is 0.573 e. The Morgan fingerprint density at radius 3 is 2.31 bits per heavy atom. The SMILES string of the molecule is O=C(Nc1ccc(OC(F)(F)F)c(F)c1)NC1CCN(c2c(NS(=O)(=O)Cc3ccccc3)c(=O)c2=O)CC1. The lowest BCUT2D eigenvalue weighted by Crippen LogP contribution is -2.50. The van der Waals surface area contributed by atoms with E-state index in [9.17, 15) is 40.4 Å². The van der Waals surface area contributed by atoms with Crippen molar-refractivity contribution in [3.8, 4) is 5.75 Å². The van der Waals surface area contributed by atoms with Gasteiger partial charge in [-0.05, 0) is 30.5 Å². The molecular weight excluding hydrogens is 548 g/mol. The number of anilines is 3. The van der Waals surface area contributed by atoms with Gasteiger partial charge in [-0.15, -0.1) is 13.2 Å². The third-order valence-corrected chi connectivity index (χ3v) is 7.13. The number of piperidine rings is 1. The first-order valence-corrected chi connectivity index (χ1v) is 13.2. The summed E-state index contributed by atoms with van der Waals surface area (Å²) < 4.78 is 81.5. The van der Waals surface area contributed by atoms with Gasteiger partial charge in [0.25, 0.3) is 10.9 Å². The van der Waals surface area contributed by atoms with Crippen LogP contribution in [-0.4, -0.2) is 39.9 Å². The van der Waals surface area contributed by atoms with Crippen molar-refractivity contribution in [3.05, 3.63) is 80.4 Å². The van der Waals surface area contributed by atoms with Crippen LogP contribution in [0.25, 0.3) is 0 Å². The van der Waals surface area contributed by atoms with Gasteiger partial charge < -0.3 is 20.3 Å². The predicted octanol–water partition coefficient (Wildman–Crippen LogP) is 3.05. The van der Waals surface area contributed by atoms with Crippen LogP contribution in [0, 0.1) is 5.82 Å². The molecular formula is C24H22F4N4O6S. The quantitative estimate of drug-likeness (QED) is 0.280. The van der Waals surface area contributed by atoms with Gasteiger partial charge in [-0.1, -0.05) is 30.3 Å². The second-order valence-corrected chi connectivity index (χ2v) is 10.5. The van der Waals surface area contributed by atoms with Gasteiger partial charge in [-0.25, -0.2) is 17.6 Å². The molecule has 1 aliphatic rings. The molecule has 0 atom stereocenters. The molecule has 3 N–H and O–H groups in total. The number of carbonyl (C=O) groups is 1. The van der Waals surface area contributed by atoms with Gasteiger partial charge in [0.05, 0.1) is 5.75 Å². The standard InChI is InChI=1S/C24H22F4N4O6S/c25-17-12-16(6-7-18(17)38-24(26,27)28)30-23(35)29-15-8-10-32(11-9-15)20-19(21(33)22(20)34)31-39(36,37)13-14-4-2-1-3-5-14/h1-7,12,15,31H,8-11,13H2,(H2,29,30,35). The highest BCUT2D eigenvalue weighted by atomic mass is 32.2. The van der Waals surface area contributed by atoms with Gasteiger partial charge in [-0.2, -0.15) is 0 Å². The lowest BCUT2D eigenvalue weighted by molar-refractivity contribution is -0.275. The third kappa shape index (κ3) is 7.04. The summed E-state index contributed by atoms with van der Waals surface area (Å²) in [6.45, 7) is 0.447. The number of hydrogen-bond acceptors (Lipinski definition) is 7. The van der Waals surface area contributed by atoms with E-state index in [1.807, 2.05) is 0 Å². The number of amides is 2. The van der Waals surface area contributed by atoms with Gasteiger partial charge >= 0.3 is 12.4 Å². The van der Waals surface area contributed by atoms with Crippen LogP contribution in [0.1, 0.15) is 18.4 Å². The summed E-state index contributed by atoms with van der Waals surface area (Å²) in [4.78, 5) is 38.2. The molecule has 1 fully saturated rings. The van der Waals surface area contributed by atoms with Crippen molar-refractivity contribution in [1.29, 1.82) is 0 Å². The molecule has 0 spiro atoms. The molecule has 0 saturated carbocycles. The van der Waals surface area contributed by atoms with Gasteiger partial charge in [0.1, 0.15) is 11.4 Å². The molecule has 3 aromatic carbocycles. The number of sulfonamides is 1. The smallest absolute Gasteiger partial charge is 0.403 e. The van der Waals surface area contributed by atoms with Crippen molar-refractivity contribution < 1.29 is 35.5 Å². The monoisotopic (exact) mass is 570 g/mol. The Labute approximate surface area is 219 Å². The summed E-state index contributed by atoms with van der Waals surface area (Å²) in [5.41, 5.74) is -1.66. The molecule has 4 rings (SSSR count). The molecule has 0 aliphatic carbocycles. The van der Waals surface area contributed by atoms with E-state index in [0.717, 1.165) is 12.1 Å². The number of alkyl halides is 3. The van der Waals surface area contributed by atoms with Gasteiger partial charge in [0.15, 0.2) is 11.6 Å². The highest BCUT2D eigenvalue weighted by molar-refractivity contribution is 7.91. The molecule has 1 aliphatic heterocycles. The fraction of sp³-hybridized carbons (Fsp3) is 0.292. The topological polar surface area (TPSA) is 134 Å². The number of ether oxygens (including phenoxy) is 1. The number of halogens is 4. The summed E-state index contributed by atoms with van der Waals surface area (Å²) in [7, 11) is -3.96. The molecule has 15 heteroatoms. The van der Waals surface area contributed by atoms with Crippen LogP contribution >= 0.6 is 0 Å². The Morgan fingerprint density at radius 2 is 1.69 bits per heavy atom. The fourth-order valence-electron chi connectivity index (χ4n) is 4.15. The summed E-state index contributed by atoms with van der Waals surface area (Å²) in [5, 5.41) is 4.96. The first-order chi connectivity index (χ1) is 18.3. The minimum Gasteiger partial charge on any atom is -0.403 e. The van der Waals surface area contributed by atoms with Gasteiger partial charge in [0.2, 0.25) is 10.0 Å². The van der Waals surface area contributed by atoms with E-state index in [1.54, 1.807) is 35.2 Å². The van der Waals surface area contributed by atoms with E-state index in [-0.39, 0.29) is 41.9 Å². The second kappa shape index (κ2) is 10.9. The molecule has 1 heterocycles. The molecule has 0 aromatic heterocycles. The van der Waals surface area contributed by atoms with E-state index in [0.29, 0.717) is 24.5 Å². The first kappa shape index (κ1) is 27.9. The van der Waals surface area contributed by atoms with Crippen molar-refractivity contribution in [2.45, 2.75) is 31.0 Å². The van der Waals surface area contributed by atoms with Crippen LogP contribution in [0.5, 0.6) is 5.75 Å². The zero-order valence-electron chi connectivity index (χ0n) is 20.0. The minimum absolute atomic E-state index is 0.0313. The summed E-state index contributed by atoms with van der Waals surface area (Å²) >= 11 is 0. The summed E-state index contributed by atoms with van der Waals surface area (Å²) in [5.74, 6) is -2.74. The van der Waals surface area contributed by atoms with E-state index in [2.05, 4.69) is 20.1 Å².